The standard InChI is InChI=1S/C28H32N8O/c1-2-35-13-15-36(16-14-35)12-10-20-3-6-23(7-4-20)32-27-26-22(9-11-30-28(26)37)17-25(34-27)33-24-8-5-21(18-29)19-31-24/h3-9,11,17,19,27,32,34H,2,10,12-16H2,1H3,(H,30,37)(H,31,33). The summed E-state index contributed by atoms with van der Waals surface area (Å²) in [6, 6.07) is 15.8. The molecule has 1 saturated heterocycles. The van der Waals surface area contributed by atoms with Gasteiger partial charge in [0.1, 0.15) is 23.9 Å². The number of aromatic amines is 1. The fourth-order valence-corrected chi connectivity index (χ4v) is 4.76. The lowest BCUT2D eigenvalue weighted by atomic mass is 10.0. The summed E-state index contributed by atoms with van der Waals surface area (Å²) < 4.78 is 0. The van der Waals surface area contributed by atoms with Crippen LogP contribution in [0.1, 0.15) is 35.3 Å². The van der Waals surface area contributed by atoms with Gasteiger partial charge in [0.2, 0.25) is 0 Å². The number of hydrogen-bond donors (Lipinski definition) is 4. The van der Waals surface area contributed by atoms with E-state index in [-0.39, 0.29) is 5.56 Å². The lowest BCUT2D eigenvalue weighted by Gasteiger charge is -2.34. The third kappa shape index (κ3) is 6.00. The Morgan fingerprint density at radius 2 is 1.86 bits per heavy atom. The average molecular weight is 497 g/mol. The number of piperazine rings is 1. The van der Waals surface area contributed by atoms with E-state index in [1.165, 1.54) is 11.8 Å². The van der Waals surface area contributed by atoms with Gasteiger partial charge in [-0.25, -0.2) is 4.98 Å². The lowest BCUT2D eigenvalue weighted by molar-refractivity contribution is 0.138. The maximum Gasteiger partial charge on any atom is 0.255 e. The molecule has 3 aromatic rings. The highest BCUT2D eigenvalue weighted by atomic mass is 16.1. The van der Waals surface area contributed by atoms with Crippen LogP contribution < -0.4 is 21.5 Å². The van der Waals surface area contributed by atoms with Gasteiger partial charge in [-0.05, 0) is 60.5 Å². The maximum atomic E-state index is 12.7. The van der Waals surface area contributed by atoms with Crippen molar-refractivity contribution in [3.63, 3.8) is 0 Å². The number of pyridine rings is 2. The molecule has 9 heteroatoms. The van der Waals surface area contributed by atoms with Gasteiger partial charge in [-0.1, -0.05) is 19.1 Å². The first-order chi connectivity index (χ1) is 18.1. The van der Waals surface area contributed by atoms with E-state index < -0.39 is 6.17 Å². The summed E-state index contributed by atoms with van der Waals surface area (Å²) in [6.45, 7) is 9.01. The van der Waals surface area contributed by atoms with E-state index in [1.807, 2.05) is 12.1 Å². The quantitative estimate of drug-likeness (QED) is 0.377. The first kappa shape index (κ1) is 24.6. The smallest absolute Gasteiger partial charge is 0.255 e. The van der Waals surface area contributed by atoms with Gasteiger partial charge in [-0.2, -0.15) is 5.26 Å². The SMILES string of the molecule is CCN1CCN(CCc2ccc(NC3NC(Nc4ccc(C#N)cn4)=Cc4cc[nH]c(=O)c43)cc2)CC1. The molecular formula is C28H32N8O. The summed E-state index contributed by atoms with van der Waals surface area (Å²) in [4.78, 5) is 24.8. The normalized spacial score (nSPS) is 17.7. The van der Waals surface area contributed by atoms with E-state index in [0.717, 1.165) is 56.9 Å². The zero-order chi connectivity index (χ0) is 25.6. The molecule has 0 aliphatic carbocycles. The van der Waals surface area contributed by atoms with Gasteiger partial charge >= 0.3 is 0 Å². The van der Waals surface area contributed by atoms with E-state index in [1.54, 1.807) is 18.3 Å². The van der Waals surface area contributed by atoms with Crippen LogP contribution in [0.5, 0.6) is 0 Å². The van der Waals surface area contributed by atoms with Crippen molar-refractivity contribution in [2.24, 2.45) is 0 Å². The fourth-order valence-electron chi connectivity index (χ4n) is 4.76. The highest BCUT2D eigenvalue weighted by Gasteiger charge is 2.24. The van der Waals surface area contributed by atoms with Crippen molar-refractivity contribution in [1.82, 2.24) is 25.1 Å². The van der Waals surface area contributed by atoms with Crippen molar-refractivity contribution in [2.75, 3.05) is 49.9 Å². The second kappa shape index (κ2) is 11.3. The van der Waals surface area contributed by atoms with Crippen LogP contribution in [0.2, 0.25) is 0 Å². The Morgan fingerprint density at radius 3 is 2.57 bits per heavy atom. The number of benzene rings is 1. The Bertz CT molecular complexity index is 1330. The molecule has 5 rings (SSSR count). The predicted molar refractivity (Wildman–Crippen MR) is 146 cm³/mol. The van der Waals surface area contributed by atoms with Crippen LogP contribution in [0.3, 0.4) is 0 Å². The zero-order valence-corrected chi connectivity index (χ0v) is 21.0. The summed E-state index contributed by atoms with van der Waals surface area (Å²) in [5, 5.41) is 19.1. The predicted octanol–water partition coefficient (Wildman–Crippen LogP) is 2.95. The topological polar surface area (TPSA) is 112 Å². The van der Waals surface area contributed by atoms with Crippen molar-refractivity contribution in [3.8, 4) is 6.07 Å². The monoisotopic (exact) mass is 496 g/mol. The fraction of sp³-hybridized carbons (Fsp3) is 0.321. The Balaban J connectivity index is 1.25. The van der Waals surface area contributed by atoms with Gasteiger partial charge < -0.3 is 30.7 Å². The number of aromatic nitrogens is 2. The Morgan fingerprint density at radius 1 is 1.08 bits per heavy atom. The average Bonchev–Trinajstić information content (AvgIpc) is 2.93. The molecule has 37 heavy (non-hydrogen) atoms. The molecular weight excluding hydrogens is 464 g/mol. The summed E-state index contributed by atoms with van der Waals surface area (Å²) in [5.41, 5.74) is 4.01. The minimum absolute atomic E-state index is 0.144. The molecule has 1 atom stereocenters. The van der Waals surface area contributed by atoms with E-state index in [9.17, 15) is 4.79 Å². The molecule has 2 aromatic heterocycles. The van der Waals surface area contributed by atoms with E-state index in [4.69, 9.17) is 5.26 Å². The molecule has 0 saturated carbocycles. The minimum atomic E-state index is -0.438. The van der Waals surface area contributed by atoms with Gasteiger partial charge in [0.15, 0.2) is 0 Å². The molecule has 190 valence electrons. The molecule has 0 radical (unpaired) electrons. The highest BCUT2D eigenvalue weighted by Crippen LogP contribution is 2.25. The number of nitriles is 1. The molecule has 1 fully saturated rings. The summed E-state index contributed by atoms with van der Waals surface area (Å²) >= 11 is 0. The summed E-state index contributed by atoms with van der Waals surface area (Å²) in [7, 11) is 0. The Kier molecular flexibility index (Phi) is 7.49. The molecule has 2 aliphatic rings. The number of fused-ring (bicyclic) bond motifs is 1. The van der Waals surface area contributed by atoms with Crippen molar-refractivity contribution in [1.29, 1.82) is 5.26 Å². The third-order valence-electron chi connectivity index (χ3n) is 6.97. The number of H-pyrrole nitrogens is 1. The van der Waals surface area contributed by atoms with Gasteiger partial charge in [-0.3, -0.25) is 4.79 Å². The second-order valence-corrected chi connectivity index (χ2v) is 9.35. The molecule has 1 aromatic carbocycles. The number of anilines is 2. The number of rotatable bonds is 8. The molecule has 9 nitrogen and oxygen atoms in total. The number of nitrogens with one attached hydrogen (secondary N) is 4. The molecule has 0 spiro atoms. The van der Waals surface area contributed by atoms with Crippen LogP contribution in [-0.2, 0) is 6.42 Å². The molecule has 4 N–H and O–H groups in total. The first-order valence-electron chi connectivity index (χ1n) is 12.7. The summed E-state index contributed by atoms with van der Waals surface area (Å²) in [6.07, 6.45) is 5.63. The lowest BCUT2D eigenvalue weighted by Crippen LogP contribution is -2.46. The van der Waals surface area contributed by atoms with E-state index >= 15 is 0 Å². The molecule has 0 bridgehead atoms. The van der Waals surface area contributed by atoms with Crippen LogP contribution in [0.25, 0.3) is 6.08 Å². The van der Waals surface area contributed by atoms with Crippen molar-refractivity contribution in [3.05, 3.63) is 93.3 Å². The van der Waals surface area contributed by atoms with Crippen molar-refractivity contribution in [2.45, 2.75) is 19.5 Å². The van der Waals surface area contributed by atoms with Crippen LogP contribution in [-0.4, -0.2) is 59.0 Å². The van der Waals surface area contributed by atoms with Crippen molar-refractivity contribution >= 4 is 17.6 Å². The van der Waals surface area contributed by atoms with Gasteiger partial charge in [0.05, 0.1) is 11.1 Å². The van der Waals surface area contributed by atoms with Crippen LogP contribution in [0, 0.1) is 11.3 Å². The molecule has 0 amide bonds. The Labute approximate surface area is 216 Å². The maximum absolute atomic E-state index is 12.7. The van der Waals surface area contributed by atoms with Gasteiger partial charge in [0, 0.05) is 50.8 Å². The minimum Gasteiger partial charge on any atom is -0.361 e. The zero-order valence-electron chi connectivity index (χ0n) is 21.0. The van der Waals surface area contributed by atoms with E-state index in [0.29, 0.717) is 22.8 Å². The highest BCUT2D eigenvalue weighted by molar-refractivity contribution is 5.64. The third-order valence-corrected chi connectivity index (χ3v) is 6.97. The van der Waals surface area contributed by atoms with E-state index in [2.05, 4.69) is 73.0 Å². The molecule has 4 heterocycles. The van der Waals surface area contributed by atoms with Crippen molar-refractivity contribution < 1.29 is 0 Å². The van der Waals surface area contributed by atoms with Gasteiger partial charge in [-0.15, -0.1) is 0 Å². The van der Waals surface area contributed by atoms with Crippen LogP contribution >= 0.6 is 0 Å². The first-order valence-corrected chi connectivity index (χ1v) is 12.7. The molecule has 1 unspecified atom stereocenters. The number of likely N-dealkylation sites (N-methyl/N-ethyl adjacent to an activating group) is 1. The summed E-state index contributed by atoms with van der Waals surface area (Å²) in [5.74, 6) is 1.30. The Hall–Kier alpha value is -4.13. The van der Waals surface area contributed by atoms with Gasteiger partial charge in [0.25, 0.3) is 5.56 Å². The number of nitrogens with zero attached hydrogens (tertiary/aromatic N) is 4. The van der Waals surface area contributed by atoms with Crippen LogP contribution in [0.4, 0.5) is 11.5 Å². The molecule has 2 aliphatic heterocycles. The van der Waals surface area contributed by atoms with Crippen LogP contribution in [0.15, 0.2) is 65.5 Å². The number of hydrogen-bond acceptors (Lipinski definition) is 8. The second-order valence-electron chi connectivity index (χ2n) is 9.35. The largest absolute Gasteiger partial charge is 0.361 e.